The van der Waals surface area contributed by atoms with Crippen LogP contribution >= 0.6 is 38.9 Å². The molecule has 0 N–H and O–H groups in total. The van der Waals surface area contributed by atoms with Crippen molar-refractivity contribution in [2.75, 3.05) is 13.1 Å². The highest BCUT2D eigenvalue weighted by molar-refractivity contribution is 9.11. The first-order chi connectivity index (χ1) is 10.0. The van der Waals surface area contributed by atoms with Crippen LogP contribution in [-0.2, 0) is 15.9 Å². The van der Waals surface area contributed by atoms with Gasteiger partial charge in [0, 0.05) is 18.0 Å². The first-order valence-electron chi connectivity index (χ1n) is 7.36. The van der Waals surface area contributed by atoms with Crippen LogP contribution in [0.15, 0.2) is 14.7 Å². The Bertz CT molecular complexity index is 616. The minimum atomic E-state index is -3.39. The van der Waals surface area contributed by atoms with Gasteiger partial charge >= 0.3 is 0 Å². The summed E-state index contributed by atoms with van der Waals surface area (Å²) in [5, 5.41) is 0. The van der Waals surface area contributed by atoms with Gasteiger partial charge < -0.3 is 0 Å². The van der Waals surface area contributed by atoms with Gasteiger partial charge in [0.2, 0.25) is 10.0 Å². The van der Waals surface area contributed by atoms with Gasteiger partial charge in [-0.3, -0.25) is 0 Å². The Labute approximate surface area is 143 Å². The van der Waals surface area contributed by atoms with Crippen LogP contribution in [-0.4, -0.2) is 25.8 Å². The molecule has 1 aromatic heterocycles. The number of hydrogen-bond acceptors (Lipinski definition) is 3. The van der Waals surface area contributed by atoms with Crippen LogP contribution in [0.4, 0.5) is 0 Å². The maximum Gasteiger partial charge on any atom is 0.245 e. The van der Waals surface area contributed by atoms with E-state index in [0.717, 1.165) is 17.2 Å². The number of thiophene rings is 1. The third kappa shape index (κ3) is 3.20. The number of nitrogens with zero attached hydrogens (tertiary/aromatic N) is 1. The van der Waals surface area contributed by atoms with Crippen molar-refractivity contribution in [3.8, 4) is 0 Å². The summed E-state index contributed by atoms with van der Waals surface area (Å²) >= 11 is 10.6. The van der Waals surface area contributed by atoms with E-state index in [0.29, 0.717) is 33.6 Å². The topological polar surface area (TPSA) is 37.4 Å². The van der Waals surface area contributed by atoms with E-state index in [1.165, 1.54) is 37.0 Å². The molecule has 1 aromatic rings. The van der Waals surface area contributed by atoms with Gasteiger partial charge in [-0.2, -0.15) is 4.31 Å². The zero-order chi connectivity index (χ0) is 15.0. The predicted molar refractivity (Wildman–Crippen MR) is 90.4 cm³/mol. The Morgan fingerprint density at radius 2 is 2.00 bits per heavy atom. The summed E-state index contributed by atoms with van der Waals surface area (Å²) in [5.41, 5.74) is 0. The minimum Gasteiger partial charge on any atom is -0.207 e. The van der Waals surface area contributed by atoms with Gasteiger partial charge in [-0.25, -0.2) is 8.42 Å². The molecule has 1 aliphatic carbocycles. The zero-order valence-corrected chi connectivity index (χ0v) is 15.7. The Hall–Kier alpha value is 0.380. The van der Waals surface area contributed by atoms with E-state index < -0.39 is 10.0 Å². The number of piperidine rings is 1. The highest BCUT2D eigenvalue weighted by atomic mass is 79.9. The Morgan fingerprint density at radius 3 is 2.67 bits per heavy atom. The summed E-state index contributed by atoms with van der Waals surface area (Å²) in [5.74, 6) is 1.63. The van der Waals surface area contributed by atoms with Crippen molar-refractivity contribution < 1.29 is 8.42 Å². The molecule has 0 radical (unpaired) electrons. The molecule has 2 atom stereocenters. The molecule has 0 spiro atoms. The molecule has 2 unspecified atom stereocenters. The summed E-state index contributed by atoms with van der Waals surface area (Å²) < 4.78 is 28.1. The maximum atomic E-state index is 12.9. The second-order valence-electron chi connectivity index (χ2n) is 5.94. The highest BCUT2D eigenvalue weighted by Gasteiger charge is 2.37. The van der Waals surface area contributed by atoms with Gasteiger partial charge in [0.15, 0.2) is 0 Å². The molecule has 7 heteroatoms. The van der Waals surface area contributed by atoms with Crippen LogP contribution in [0, 0.1) is 11.8 Å². The minimum absolute atomic E-state index is 0.351. The molecule has 1 aliphatic heterocycles. The Kier molecular flexibility index (Phi) is 5.01. The summed E-state index contributed by atoms with van der Waals surface area (Å²) in [7, 11) is -3.39. The first kappa shape index (κ1) is 16.2. The van der Waals surface area contributed by atoms with Crippen molar-refractivity contribution in [2.45, 2.75) is 42.9 Å². The van der Waals surface area contributed by atoms with Crippen molar-refractivity contribution in [3.63, 3.8) is 0 Å². The normalized spacial score (nSPS) is 27.5. The summed E-state index contributed by atoms with van der Waals surface area (Å²) in [6.45, 7) is 1.34. The molecule has 3 nitrogen and oxygen atoms in total. The fraction of sp³-hybridized carbons (Fsp3) is 0.714. The maximum absolute atomic E-state index is 12.9. The quantitative estimate of drug-likeness (QED) is 0.688. The summed E-state index contributed by atoms with van der Waals surface area (Å²) in [6.07, 6.45) is 6.01. The van der Waals surface area contributed by atoms with Crippen LogP contribution in [0.1, 0.15) is 37.0 Å². The van der Waals surface area contributed by atoms with E-state index in [2.05, 4.69) is 15.9 Å². The fourth-order valence-electron chi connectivity index (χ4n) is 3.56. The van der Waals surface area contributed by atoms with E-state index in [9.17, 15) is 8.42 Å². The largest absolute Gasteiger partial charge is 0.245 e. The van der Waals surface area contributed by atoms with Crippen LogP contribution in [0.3, 0.4) is 0 Å². The average molecular weight is 413 g/mol. The van der Waals surface area contributed by atoms with Crippen LogP contribution < -0.4 is 0 Å². The molecule has 2 aliphatic rings. The first-order valence-corrected chi connectivity index (χ1v) is 10.9. The van der Waals surface area contributed by atoms with Crippen molar-refractivity contribution in [3.05, 3.63) is 14.7 Å². The molecule has 118 valence electrons. The van der Waals surface area contributed by atoms with Gasteiger partial charge in [-0.1, -0.05) is 19.3 Å². The lowest BCUT2D eigenvalue weighted by Gasteiger charge is -2.40. The van der Waals surface area contributed by atoms with Gasteiger partial charge in [-0.05, 0) is 46.7 Å². The third-order valence-electron chi connectivity index (χ3n) is 4.71. The van der Waals surface area contributed by atoms with E-state index in [1.807, 2.05) is 0 Å². The van der Waals surface area contributed by atoms with Crippen molar-refractivity contribution in [1.82, 2.24) is 4.31 Å². The molecule has 2 heterocycles. The number of fused-ring (bicyclic) bond motifs is 1. The molecule has 21 heavy (non-hydrogen) atoms. The fourth-order valence-corrected chi connectivity index (χ4v) is 7.80. The molecule has 1 saturated heterocycles. The Balaban J connectivity index is 1.83. The predicted octanol–water partition coefficient (Wildman–Crippen LogP) is 4.45. The molecule has 3 rings (SSSR count). The SMILES string of the molecule is O=S(=O)(c1cc(CCl)sc1Br)N1CCC2CCCCC2C1. The standard InChI is InChI=1S/C14H19BrClNO2S2/c15-14-13(7-12(8-16)20-14)21(18,19)17-6-5-10-3-1-2-4-11(10)9-17/h7,10-11H,1-6,8-9H2. The second kappa shape index (κ2) is 6.48. The van der Waals surface area contributed by atoms with E-state index in [1.54, 1.807) is 10.4 Å². The van der Waals surface area contributed by atoms with Crippen LogP contribution in [0.2, 0.25) is 0 Å². The number of sulfonamides is 1. The molecule has 0 bridgehead atoms. The second-order valence-corrected chi connectivity index (χ2v) is 10.6. The van der Waals surface area contributed by atoms with E-state index in [-0.39, 0.29) is 0 Å². The lowest BCUT2D eigenvalue weighted by molar-refractivity contribution is 0.136. The van der Waals surface area contributed by atoms with Crippen molar-refractivity contribution in [1.29, 1.82) is 0 Å². The van der Waals surface area contributed by atoms with Gasteiger partial charge in [0.05, 0.1) is 9.67 Å². The molecule has 0 amide bonds. The lowest BCUT2D eigenvalue weighted by atomic mass is 9.76. The number of halogens is 2. The Morgan fingerprint density at radius 1 is 1.29 bits per heavy atom. The van der Waals surface area contributed by atoms with Gasteiger partial charge in [0.25, 0.3) is 0 Å². The zero-order valence-electron chi connectivity index (χ0n) is 11.7. The van der Waals surface area contributed by atoms with E-state index in [4.69, 9.17) is 11.6 Å². The average Bonchev–Trinajstić information content (AvgIpc) is 2.88. The molecule has 0 aromatic carbocycles. The number of alkyl halides is 1. The highest BCUT2D eigenvalue weighted by Crippen LogP contribution is 2.40. The third-order valence-corrected chi connectivity index (χ3v) is 9.27. The van der Waals surface area contributed by atoms with Crippen LogP contribution in [0.25, 0.3) is 0 Å². The molecular formula is C14H19BrClNO2S2. The van der Waals surface area contributed by atoms with Gasteiger partial charge in [-0.15, -0.1) is 22.9 Å². The van der Waals surface area contributed by atoms with Crippen LogP contribution in [0.5, 0.6) is 0 Å². The molecule has 1 saturated carbocycles. The number of hydrogen-bond donors (Lipinski definition) is 0. The summed E-state index contributed by atoms with van der Waals surface area (Å²) in [6, 6.07) is 1.71. The smallest absolute Gasteiger partial charge is 0.207 e. The molecule has 2 fully saturated rings. The number of rotatable bonds is 3. The monoisotopic (exact) mass is 411 g/mol. The van der Waals surface area contributed by atoms with Crippen molar-refractivity contribution >= 4 is 48.9 Å². The van der Waals surface area contributed by atoms with E-state index >= 15 is 0 Å². The lowest BCUT2D eigenvalue weighted by Crippen LogP contribution is -2.44. The van der Waals surface area contributed by atoms with Crippen molar-refractivity contribution in [2.24, 2.45) is 11.8 Å². The van der Waals surface area contributed by atoms with Gasteiger partial charge in [0.1, 0.15) is 4.90 Å². The molecular weight excluding hydrogens is 394 g/mol. The summed E-state index contributed by atoms with van der Waals surface area (Å²) in [4.78, 5) is 1.27.